The molecule has 0 bridgehead atoms. The van der Waals surface area contributed by atoms with Gasteiger partial charge in [-0.05, 0) is 35.7 Å². The predicted molar refractivity (Wildman–Crippen MR) is 129 cm³/mol. The van der Waals surface area contributed by atoms with Gasteiger partial charge in [0.2, 0.25) is 5.91 Å². The highest BCUT2D eigenvalue weighted by Gasteiger charge is 2.62. The van der Waals surface area contributed by atoms with Crippen LogP contribution >= 0.6 is 0 Å². The molecule has 3 aromatic rings. The molecular formula is C26H22N4O5. The van der Waals surface area contributed by atoms with Crippen LogP contribution < -0.4 is 15.1 Å². The van der Waals surface area contributed by atoms with E-state index in [1.807, 2.05) is 30.3 Å². The minimum Gasteiger partial charge on any atom is -0.366 e. The second kappa shape index (κ2) is 8.05. The van der Waals surface area contributed by atoms with Gasteiger partial charge in [0.1, 0.15) is 0 Å². The zero-order valence-corrected chi connectivity index (χ0v) is 19.1. The number of nitrogens with zero attached hydrogens (tertiary/aromatic N) is 3. The first-order valence-corrected chi connectivity index (χ1v) is 11.1. The number of hydrogen-bond donors (Lipinski definition) is 1. The van der Waals surface area contributed by atoms with Crippen LogP contribution in [0.4, 0.5) is 21.9 Å². The Balaban J connectivity index is 1.76. The molecule has 2 aliphatic heterocycles. The first kappa shape index (κ1) is 22.3. The molecule has 9 nitrogen and oxygen atoms in total. The van der Waals surface area contributed by atoms with Gasteiger partial charge in [-0.3, -0.25) is 25.0 Å². The van der Waals surface area contributed by atoms with Gasteiger partial charge in [0.05, 0.1) is 16.7 Å². The lowest BCUT2D eigenvalue weighted by molar-refractivity contribution is -0.384. The molecule has 0 radical (unpaired) electrons. The van der Waals surface area contributed by atoms with Crippen LogP contribution in [0.15, 0.2) is 72.8 Å². The molecule has 1 spiro atoms. The van der Waals surface area contributed by atoms with Crippen molar-refractivity contribution in [3.05, 3.63) is 99.6 Å². The van der Waals surface area contributed by atoms with Crippen LogP contribution in [0.5, 0.6) is 0 Å². The molecule has 0 unspecified atom stereocenters. The van der Waals surface area contributed by atoms with Crippen LogP contribution in [0.2, 0.25) is 0 Å². The highest BCUT2D eigenvalue weighted by Crippen LogP contribution is 2.52. The summed E-state index contributed by atoms with van der Waals surface area (Å²) < 4.78 is 0. The summed E-state index contributed by atoms with van der Waals surface area (Å²) in [5, 5.41) is 13.9. The Morgan fingerprint density at radius 2 is 1.66 bits per heavy atom. The maximum Gasteiger partial charge on any atom is 0.335 e. The Morgan fingerprint density at radius 1 is 0.971 bits per heavy atom. The quantitative estimate of drug-likeness (QED) is 0.353. The smallest absolute Gasteiger partial charge is 0.335 e. The number of imide groups is 2. The molecule has 9 heteroatoms. The summed E-state index contributed by atoms with van der Waals surface area (Å²) in [5.41, 5.74) is 1.06. The number of barbiturate groups is 1. The van der Waals surface area contributed by atoms with E-state index in [4.69, 9.17) is 0 Å². The molecule has 1 fully saturated rings. The number of fused-ring (bicyclic) bond motifs is 1. The Hall–Kier alpha value is -4.53. The summed E-state index contributed by atoms with van der Waals surface area (Å²) in [6.07, 6.45) is -0.103. The number of carbonyl (C=O) groups is 3. The van der Waals surface area contributed by atoms with E-state index in [1.54, 1.807) is 49.2 Å². The molecule has 35 heavy (non-hydrogen) atoms. The fraction of sp³-hybridized carbons (Fsp3) is 0.192. The monoisotopic (exact) mass is 470 g/mol. The van der Waals surface area contributed by atoms with Crippen molar-refractivity contribution in [3.8, 4) is 0 Å². The van der Waals surface area contributed by atoms with Crippen molar-refractivity contribution in [1.82, 2.24) is 5.32 Å². The van der Waals surface area contributed by atoms with Crippen molar-refractivity contribution < 1.29 is 19.3 Å². The molecule has 0 aromatic heterocycles. The van der Waals surface area contributed by atoms with E-state index in [0.717, 1.165) is 4.90 Å². The number of para-hydroxylation sites is 1. The number of rotatable bonds is 3. The minimum absolute atomic E-state index is 0.103. The van der Waals surface area contributed by atoms with Gasteiger partial charge in [0, 0.05) is 31.3 Å². The molecule has 2 heterocycles. The molecule has 0 aliphatic carbocycles. The third kappa shape index (κ3) is 3.27. The summed E-state index contributed by atoms with van der Waals surface area (Å²) in [6.45, 7) is 1.78. The van der Waals surface area contributed by atoms with Crippen molar-refractivity contribution in [2.75, 3.05) is 16.8 Å². The summed E-state index contributed by atoms with van der Waals surface area (Å²) in [5.74, 6) is -1.39. The summed E-state index contributed by atoms with van der Waals surface area (Å²) in [7, 11) is 1.75. The van der Waals surface area contributed by atoms with Crippen molar-refractivity contribution >= 4 is 34.9 Å². The minimum atomic E-state index is -1.74. The van der Waals surface area contributed by atoms with Crippen molar-refractivity contribution in [2.24, 2.45) is 5.41 Å². The Bertz CT molecular complexity index is 1390. The topological polar surface area (TPSA) is 113 Å². The summed E-state index contributed by atoms with van der Waals surface area (Å²) >= 11 is 0. The van der Waals surface area contributed by atoms with Gasteiger partial charge in [0.15, 0.2) is 5.41 Å². The molecule has 1 N–H and O–H groups in total. The lowest BCUT2D eigenvalue weighted by Crippen LogP contribution is -2.69. The molecule has 3 aromatic carbocycles. The third-order valence-electron chi connectivity index (χ3n) is 6.86. The highest BCUT2D eigenvalue weighted by molar-refractivity contribution is 6.31. The summed E-state index contributed by atoms with van der Waals surface area (Å²) in [4.78, 5) is 54.7. The summed E-state index contributed by atoms with van der Waals surface area (Å²) in [6, 6.07) is 18.9. The standard InChI is InChI=1S/C26H22N4O5/c1-16-8-6-7-11-20(16)29-24(32)26(23(31)27-25(29)33)15-18-14-19(30(34)35)12-13-21(18)28(2)22(26)17-9-4-3-5-10-17/h3-14,22H,15H2,1-2H3,(H,27,31,33)/t22-,26+/m0/s1. The van der Waals surface area contributed by atoms with Crippen molar-refractivity contribution in [3.63, 3.8) is 0 Å². The zero-order valence-electron chi connectivity index (χ0n) is 19.1. The number of urea groups is 1. The number of nitrogens with one attached hydrogen (secondary N) is 1. The maximum absolute atomic E-state index is 14.3. The fourth-order valence-electron chi connectivity index (χ4n) is 5.26. The van der Waals surface area contributed by atoms with E-state index < -0.39 is 34.2 Å². The van der Waals surface area contributed by atoms with E-state index in [0.29, 0.717) is 28.1 Å². The van der Waals surface area contributed by atoms with Crippen LogP contribution in [0.1, 0.15) is 22.7 Å². The lowest BCUT2D eigenvalue weighted by Gasteiger charge is -2.51. The van der Waals surface area contributed by atoms with E-state index in [-0.39, 0.29) is 12.1 Å². The Morgan fingerprint density at radius 3 is 2.34 bits per heavy atom. The van der Waals surface area contributed by atoms with Gasteiger partial charge in [-0.1, -0.05) is 48.5 Å². The number of nitro benzene ring substituents is 1. The van der Waals surface area contributed by atoms with Crippen LogP contribution in [0, 0.1) is 22.5 Å². The van der Waals surface area contributed by atoms with Crippen LogP contribution in [0.3, 0.4) is 0 Å². The van der Waals surface area contributed by atoms with Crippen molar-refractivity contribution in [2.45, 2.75) is 19.4 Å². The first-order valence-electron chi connectivity index (χ1n) is 11.1. The molecule has 2 atom stereocenters. The number of anilines is 2. The normalized spacial score (nSPS) is 21.7. The lowest BCUT2D eigenvalue weighted by atomic mass is 9.66. The van der Waals surface area contributed by atoms with E-state index >= 15 is 0 Å². The third-order valence-corrected chi connectivity index (χ3v) is 6.86. The van der Waals surface area contributed by atoms with Crippen LogP contribution in [-0.4, -0.2) is 29.8 Å². The van der Waals surface area contributed by atoms with Gasteiger partial charge in [-0.2, -0.15) is 0 Å². The average Bonchev–Trinajstić information content (AvgIpc) is 2.84. The number of benzene rings is 3. The SMILES string of the molecule is Cc1ccccc1N1C(=O)NC(=O)[C@]2(Cc3cc([N+](=O)[O-])ccc3N(C)[C@H]2c2ccccc2)C1=O. The number of hydrogen-bond acceptors (Lipinski definition) is 6. The number of amides is 4. The van der Waals surface area contributed by atoms with E-state index in [2.05, 4.69) is 5.32 Å². The Kier molecular flexibility index (Phi) is 5.12. The van der Waals surface area contributed by atoms with Gasteiger partial charge in [-0.25, -0.2) is 9.69 Å². The fourth-order valence-corrected chi connectivity index (χ4v) is 5.26. The molecule has 0 saturated carbocycles. The highest BCUT2D eigenvalue weighted by atomic mass is 16.6. The van der Waals surface area contributed by atoms with Gasteiger partial charge < -0.3 is 4.90 Å². The zero-order chi connectivity index (χ0) is 24.9. The second-order valence-corrected chi connectivity index (χ2v) is 8.83. The van der Waals surface area contributed by atoms with Gasteiger partial charge in [0.25, 0.3) is 11.6 Å². The molecular weight excluding hydrogens is 448 g/mol. The van der Waals surface area contributed by atoms with Gasteiger partial charge >= 0.3 is 6.03 Å². The predicted octanol–water partition coefficient (Wildman–Crippen LogP) is 3.91. The number of carbonyl (C=O) groups excluding carboxylic acids is 3. The van der Waals surface area contributed by atoms with E-state index in [9.17, 15) is 24.5 Å². The van der Waals surface area contributed by atoms with Crippen LogP contribution in [0.25, 0.3) is 0 Å². The molecule has 2 aliphatic rings. The largest absolute Gasteiger partial charge is 0.366 e. The van der Waals surface area contributed by atoms with Crippen molar-refractivity contribution in [1.29, 1.82) is 0 Å². The van der Waals surface area contributed by atoms with Gasteiger partial charge in [-0.15, -0.1) is 0 Å². The molecule has 5 rings (SSSR count). The molecule has 4 amide bonds. The number of non-ortho nitro benzene ring substituents is 1. The second-order valence-electron chi connectivity index (χ2n) is 8.83. The maximum atomic E-state index is 14.3. The van der Waals surface area contributed by atoms with E-state index in [1.165, 1.54) is 12.1 Å². The molecule has 176 valence electrons. The number of aryl methyl sites for hydroxylation is 1. The average molecular weight is 470 g/mol. The first-order chi connectivity index (χ1) is 16.8. The number of nitro groups is 1. The Labute approximate surface area is 201 Å². The molecule has 1 saturated heterocycles. The van der Waals surface area contributed by atoms with Crippen LogP contribution in [-0.2, 0) is 16.0 Å².